The fourth-order valence-electron chi connectivity index (χ4n) is 5.65. The molecule has 2 N–H and O–H groups in total. The first kappa shape index (κ1) is 28.1. The number of halogens is 1. The number of carbonyl (C=O) groups excluding carboxylic acids is 1. The molecular formula is C30H34BrN9O2. The van der Waals surface area contributed by atoms with Crippen LogP contribution >= 0.6 is 15.9 Å². The summed E-state index contributed by atoms with van der Waals surface area (Å²) >= 11 is 3.59. The number of ether oxygens (including phenoxy) is 1. The third-order valence-electron chi connectivity index (χ3n) is 7.92. The number of piperidine rings is 1. The summed E-state index contributed by atoms with van der Waals surface area (Å²) in [5.41, 5.74) is 3.17. The molecule has 218 valence electrons. The number of hydrogen-bond acceptors (Lipinski definition) is 9. The van der Waals surface area contributed by atoms with Gasteiger partial charge in [0.15, 0.2) is 11.6 Å². The van der Waals surface area contributed by atoms with Gasteiger partial charge in [0.25, 0.3) is 5.91 Å². The number of nitrogens with zero attached hydrogens (tertiary/aromatic N) is 7. The number of aromatic nitrogens is 5. The highest BCUT2D eigenvalue weighted by Gasteiger charge is 2.34. The van der Waals surface area contributed by atoms with Crippen LogP contribution in [0.4, 0.5) is 17.5 Å². The lowest BCUT2D eigenvalue weighted by atomic mass is 10.0. The SMILES string of the molecule is CC[C@@H]1c2nncn2-c2cnc(Nc3ccc(C(=O)NC4CCN(C)CC4)cc3OC)nc2N1Cc1cccc(Br)c1. The summed E-state index contributed by atoms with van der Waals surface area (Å²) in [5.74, 6) is 2.49. The first-order valence-electron chi connectivity index (χ1n) is 14.2. The standard InChI is InChI=1S/C30H34BrN9O2/c1-4-24-28-37-33-18-40(28)25-16-32-30(36-27(25)39(24)17-19-6-5-7-21(31)14-19)35-23-9-8-20(15-26(23)42-3)29(41)34-22-10-12-38(2)13-11-22/h5-9,14-16,18,22,24H,4,10-13,17H2,1-3H3,(H,34,41)(H,32,35,36)/t24-/m1/s1. The van der Waals surface area contributed by atoms with Crippen LogP contribution in [0.2, 0.25) is 0 Å². The molecule has 0 unspecified atom stereocenters. The molecule has 1 saturated heterocycles. The molecule has 0 aliphatic carbocycles. The van der Waals surface area contributed by atoms with Crippen molar-refractivity contribution < 1.29 is 9.53 Å². The van der Waals surface area contributed by atoms with Crippen LogP contribution in [0, 0.1) is 0 Å². The minimum Gasteiger partial charge on any atom is -0.495 e. The molecule has 12 heteroatoms. The molecule has 4 heterocycles. The maximum Gasteiger partial charge on any atom is 0.251 e. The summed E-state index contributed by atoms with van der Waals surface area (Å²) in [6.45, 7) is 4.74. The number of benzene rings is 2. The van der Waals surface area contributed by atoms with E-state index in [0.717, 1.165) is 59.7 Å². The van der Waals surface area contributed by atoms with Gasteiger partial charge in [-0.3, -0.25) is 9.36 Å². The second-order valence-electron chi connectivity index (χ2n) is 10.7. The van der Waals surface area contributed by atoms with Crippen molar-refractivity contribution in [1.29, 1.82) is 0 Å². The molecule has 0 radical (unpaired) electrons. The molecule has 2 aromatic heterocycles. The summed E-state index contributed by atoms with van der Waals surface area (Å²) in [5, 5.41) is 15.1. The zero-order chi connectivity index (χ0) is 29.2. The van der Waals surface area contributed by atoms with Crippen LogP contribution in [0.1, 0.15) is 54.0 Å². The Bertz CT molecular complexity index is 1580. The van der Waals surface area contributed by atoms with E-state index in [0.29, 0.717) is 29.5 Å². The topological polar surface area (TPSA) is 113 Å². The molecule has 4 aromatic rings. The van der Waals surface area contributed by atoms with E-state index in [2.05, 4.69) is 77.6 Å². The molecular weight excluding hydrogens is 598 g/mol. The second-order valence-corrected chi connectivity index (χ2v) is 11.7. The molecule has 0 saturated carbocycles. The van der Waals surface area contributed by atoms with Crippen molar-refractivity contribution in [1.82, 2.24) is 34.9 Å². The quantitative estimate of drug-likeness (QED) is 0.281. The van der Waals surface area contributed by atoms with Crippen LogP contribution in [0.25, 0.3) is 5.69 Å². The maximum atomic E-state index is 13.0. The van der Waals surface area contributed by atoms with Gasteiger partial charge in [-0.2, -0.15) is 4.98 Å². The monoisotopic (exact) mass is 631 g/mol. The van der Waals surface area contributed by atoms with Gasteiger partial charge in [0.2, 0.25) is 5.95 Å². The number of rotatable bonds is 8. The molecule has 1 fully saturated rings. The number of carbonyl (C=O) groups is 1. The van der Waals surface area contributed by atoms with Crippen LogP contribution in [-0.4, -0.2) is 68.8 Å². The Balaban J connectivity index is 1.27. The van der Waals surface area contributed by atoms with Crippen LogP contribution in [0.15, 0.2) is 59.5 Å². The minimum atomic E-state index is -0.0991. The van der Waals surface area contributed by atoms with E-state index in [4.69, 9.17) is 9.72 Å². The van der Waals surface area contributed by atoms with Gasteiger partial charge >= 0.3 is 0 Å². The number of anilines is 3. The smallest absolute Gasteiger partial charge is 0.251 e. The minimum absolute atomic E-state index is 0.0152. The molecule has 2 aliphatic heterocycles. The predicted molar refractivity (Wildman–Crippen MR) is 165 cm³/mol. The van der Waals surface area contributed by atoms with Gasteiger partial charge in [-0.25, -0.2) is 4.98 Å². The van der Waals surface area contributed by atoms with Gasteiger partial charge in [0.05, 0.1) is 25.0 Å². The number of fused-ring (bicyclic) bond motifs is 3. The molecule has 6 rings (SSSR count). The Kier molecular flexibility index (Phi) is 8.07. The fourth-order valence-corrected chi connectivity index (χ4v) is 6.10. The number of hydrogen-bond donors (Lipinski definition) is 2. The Morgan fingerprint density at radius 3 is 2.76 bits per heavy atom. The molecule has 1 atom stereocenters. The van der Waals surface area contributed by atoms with Crippen molar-refractivity contribution >= 4 is 39.3 Å². The molecule has 11 nitrogen and oxygen atoms in total. The van der Waals surface area contributed by atoms with Gasteiger partial charge in [-0.05, 0) is 75.3 Å². The third-order valence-corrected chi connectivity index (χ3v) is 8.42. The van der Waals surface area contributed by atoms with E-state index >= 15 is 0 Å². The number of nitrogens with one attached hydrogen (secondary N) is 2. The van der Waals surface area contributed by atoms with Crippen LogP contribution in [-0.2, 0) is 6.54 Å². The highest BCUT2D eigenvalue weighted by Crippen LogP contribution is 2.40. The van der Waals surface area contributed by atoms with Crippen LogP contribution in [0.3, 0.4) is 0 Å². The van der Waals surface area contributed by atoms with E-state index < -0.39 is 0 Å². The van der Waals surface area contributed by atoms with Crippen LogP contribution < -0.4 is 20.3 Å². The normalized spacial score (nSPS) is 17.0. The van der Waals surface area contributed by atoms with Gasteiger partial charge in [-0.15, -0.1) is 10.2 Å². The number of likely N-dealkylation sites (tertiary alicyclic amines) is 1. The molecule has 2 aromatic carbocycles. The van der Waals surface area contributed by atoms with Crippen molar-refractivity contribution in [3.8, 4) is 11.4 Å². The Morgan fingerprint density at radius 2 is 2.00 bits per heavy atom. The molecule has 2 aliphatic rings. The molecule has 42 heavy (non-hydrogen) atoms. The van der Waals surface area contributed by atoms with Gasteiger partial charge in [0.1, 0.15) is 17.8 Å². The average molecular weight is 633 g/mol. The molecule has 1 amide bonds. The van der Waals surface area contributed by atoms with Gasteiger partial charge in [0, 0.05) is 22.6 Å². The van der Waals surface area contributed by atoms with E-state index in [1.807, 2.05) is 22.8 Å². The second kappa shape index (κ2) is 12.1. The van der Waals surface area contributed by atoms with Crippen molar-refractivity contribution in [3.63, 3.8) is 0 Å². The number of methoxy groups -OCH3 is 1. The highest BCUT2D eigenvalue weighted by atomic mass is 79.9. The summed E-state index contributed by atoms with van der Waals surface area (Å²) in [7, 11) is 3.70. The van der Waals surface area contributed by atoms with Crippen molar-refractivity contribution in [2.75, 3.05) is 37.5 Å². The lowest BCUT2D eigenvalue weighted by Gasteiger charge is -2.37. The summed E-state index contributed by atoms with van der Waals surface area (Å²) in [4.78, 5) is 27.1. The largest absolute Gasteiger partial charge is 0.495 e. The van der Waals surface area contributed by atoms with Crippen molar-refractivity contribution in [2.45, 2.75) is 44.8 Å². The lowest BCUT2D eigenvalue weighted by molar-refractivity contribution is 0.0916. The fraction of sp³-hybridized carbons (Fsp3) is 0.367. The van der Waals surface area contributed by atoms with E-state index in [1.165, 1.54) is 0 Å². The summed E-state index contributed by atoms with van der Waals surface area (Å²) in [6, 6.07) is 13.8. The Morgan fingerprint density at radius 1 is 1.17 bits per heavy atom. The Labute approximate surface area is 253 Å². The summed E-state index contributed by atoms with van der Waals surface area (Å²) in [6.07, 6.45) is 6.22. The van der Waals surface area contributed by atoms with Gasteiger partial charge < -0.3 is 25.2 Å². The first-order chi connectivity index (χ1) is 20.4. The molecule has 0 bridgehead atoms. The number of amides is 1. The Hall–Kier alpha value is -4.03. The zero-order valence-electron chi connectivity index (χ0n) is 23.9. The van der Waals surface area contributed by atoms with E-state index in [-0.39, 0.29) is 18.0 Å². The van der Waals surface area contributed by atoms with E-state index in [1.54, 1.807) is 31.8 Å². The summed E-state index contributed by atoms with van der Waals surface area (Å²) < 4.78 is 8.65. The maximum absolute atomic E-state index is 13.0. The van der Waals surface area contributed by atoms with Crippen LogP contribution in [0.5, 0.6) is 5.75 Å². The first-order valence-corrected chi connectivity index (χ1v) is 15.0. The van der Waals surface area contributed by atoms with E-state index in [9.17, 15) is 4.79 Å². The van der Waals surface area contributed by atoms with Crippen molar-refractivity contribution in [2.24, 2.45) is 0 Å². The predicted octanol–water partition coefficient (Wildman–Crippen LogP) is 4.87. The third kappa shape index (κ3) is 5.68. The average Bonchev–Trinajstić information content (AvgIpc) is 3.48. The highest BCUT2D eigenvalue weighted by molar-refractivity contribution is 9.10. The molecule has 0 spiro atoms. The van der Waals surface area contributed by atoms with Gasteiger partial charge in [-0.1, -0.05) is 35.0 Å². The lowest BCUT2D eigenvalue weighted by Crippen LogP contribution is -2.43. The van der Waals surface area contributed by atoms with Crippen molar-refractivity contribution in [3.05, 3.63) is 76.4 Å². The zero-order valence-corrected chi connectivity index (χ0v) is 25.5.